The smallest absolute Gasteiger partial charge is 0.244 e. The minimum absolute atomic E-state index is 0.368. The first kappa shape index (κ1) is 13.1. The van der Waals surface area contributed by atoms with Gasteiger partial charge in [-0.15, -0.1) is 12.3 Å². The van der Waals surface area contributed by atoms with Crippen molar-refractivity contribution in [3.8, 4) is 18.1 Å². The van der Waals surface area contributed by atoms with Crippen molar-refractivity contribution in [1.29, 1.82) is 0 Å². The fourth-order valence-electron chi connectivity index (χ4n) is 1.51. The summed E-state index contributed by atoms with van der Waals surface area (Å²) >= 11 is 0. The van der Waals surface area contributed by atoms with Crippen LogP contribution in [-0.2, 0) is 6.42 Å². The molecule has 1 unspecified atom stereocenters. The summed E-state index contributed by atoms with van der Waals surface area (Å²) in [6, 6.07) is 9.16. The molecule has 0 aliphatic carbocycles. The van der Waals surface area contributed by atoms with E-state index in [2.05, 4.69) is 16.1 Å². The average molecular weight is 257 g/mol. The zero-order valence-corrected chi connectivity index (χ0v) is 10.5. The van der Waals surface area contributed by atoms with Crippen LogP contribution < -0.4 is 10.5 Å². The molecule has 0 saturated heterocycles. The molecule has 0 amide bonds. The topological polar surface area (TPSA) is 74.2 Å². The maximum atomic E-state index is 5.77. The lowest BCUT2D eigenvalue weighted by molar-refractivity contribution is 0.312. The number of para-hydroxylation sites is 1. The summed E-state index contributed by atoms with van der Waals surface area (Å²) in [5, 5.41) is 3.84. The molecule has 0 radical (unpaired) electrons. The van der Waals surface area contributed by atoms with Crippen LogP contribution in [0.25, 0.3) is 0 Å². The molecule has 98 valence electrons. The summed E-state index contributed by atoms with van der Waals surface area (Å²) in [5.74, 6) is 4.21. The summed E-state index contributed by atoms with van der Waals surface area (Å²) in [6.45, 7) is 0.480. The van der Waals surface area contributed by atoms with Gasteiger partial charge in [-0.05, 0) is 12.1 Å². The number of hydrogen-bond acceptors (Lipinski definition) is 5. The molecule has 2 rings (SSSR count). The van der Waals surface area contributed by atoms with Gasteiger partial charge in [0.25, 0.3) is 0 Å². The van der Waals surface area contributed by atoms with Crippen molar-refractivity contribution < 1.29 is 9.26 Å². The average Bonchev–Trinajstić information content (AvgIpc) is 2.89. The molecule has 1 atom stereocenters. The monoisotopic (exact) mass is 257 g/mol. The maximum absolute atomic E-state index is 5.77. The normalized spacial score (nSPS) is 11.8. The molecule has 2 aromatic rings. The van der Waals surface area contributed by atoms with Gasteiger partial charge in [-0.3, -0.25) is 0 Å². The standard InChI is InChI=1S/C14H15N3O2/c1-2-6-12(15)14-16-13(17-19-14)9-10-18-11-7-4-3-5-8-11/h1,3-5,7-8,12H,6,9-10,15H2. The van der Waals surface area contributed by atoms with Crippen molar-refractivity contribution >= 4 is 0 Å². The van der Waals surface area contributed by atoms with Crippen LogP contribution in [0.1, 0.15) is 24.2 Å². The van der Waals surface area contributed by atoms with Gasteiger partial charge in [0.15, 0.2) is 5.82 Å². The Kier molecular flexibility index (Phi) is 4.54. The van der Waals surface area contributed by atoms with Crippen LogP contribution >= 0.6 is 0 Å². The molecule has 5 heteroatoms. The van der Waals surface area contributed by atoms with Crippen molar-refractivity contribution in [2.24, 2.45) is 5.73 Å². The number of aromatic nitrogens is 2. The van der Waals surface area contributed by atoms with Gasteiger partial charge in [-0.1, -0.05) is 23.4 Å². The van der Waals surface area contributed by atoms with Gasteiger partial charge < -0.3 is 15.0 Å². The molecule has 19 heavy (non-hydrogen) atoms. The van der Waals surface area contributed by atoms with Crippen LogP contribution in [0.2, 0.25) is 0 Å². The van der Waals surface area contributed by atoms with Gasteiger partial charge in [0.1, 0.15) is 5.75 Å². The van der Waals surface area contributed by atoms with Crippen LogP contribution in [0.5, 0.6) is 5.75 Å². The molecule has 0 aliphatic rings. The van der Waals surface area contributed by atoms with E-state index in [0.717, 1.165) is 5.75 Å². The molecule has 0 bridgehead atoms. The SMILES string of the molecule is C#CCC(N)c1nc(CCOc2ccccc2)no1. The highest BCUT2D eigenvalue weighted by atomic mass is 16.5. The highest BCUT2D eigenvalue weighted by Crippen LogP contribution is 2.12. The first-order valence-corrected chi connectivity index (χ1v) is 5.99. The summed E-state index contributed by atoms with van der Waals surface area (Å²) < 4.78 is 10.6. The Balaban J connectivity index is 1.82. The number of benzene rings is 1. The molecular weight excluding hydrogens is 242 g/mol. The third-order valence-electron chi connectivity index (χ3n) is 2.48. The molecule has 1 aromatic carbocycles. The number of nitrogens with zero attached hydrogens (tertiary/aromatic N) is 2. The minimum Gasteiger partial charge on any atom is -0.493 e. The van der Waals surface area contributed by atoms with Crippen LogP contribution in [0.15, 0.2) is 34.9 Å². The number of ether oxygens (including phenoxy) is 1. The molecule has 5 nitrogen and oxygen atoms in total. The molecule has 2 N–H and O–H groups in total. The Hall–Kier alpha value is -2.32. The number of rotatable bonds is 6. The van der Waals surface area contributed by atoms with Crippen molar-refractivity contribution in [3.05, 3.63) is 42.0 Å². The number of hydrogen-bond donors (Lipinski definition) is 1. The molecular formula is C14H15N3O2. The maximum Gasteiger partial charge on any atom is 0.244 e. The van der Waals surface area contributed by atoms with E-state index in [0.29, 0.717) is 31.2 Å². The quantitative estimate of drug-likeness (QED) is 0.797. The predicted octanol–water partition coefficient (Wildman–Crippen LogP) is 1.71. The van der Waals surface area contributed by atoms with E-state index in [9.17, 15) is 0 Å². The van der Waals surface area contributed by atoms with Crippen LogP contribution in [0, 0.1) is 12.3 Å². The second-order valence-corrected chi connectivity index (χ2v) is 3.98. The molecule has 0 saturated carbocycles. The highest BCUT2D eigenvalue weighted by Gasteiger charge is 2.13. The second-order valence-electron chi connectivity index (χ2n) is 3.98. The summed E-state index contributed by atoms with van der Waals surface area (Å²) in [6.07, 6.45) is 6.11. The Bertz CT molecular complexity index is 545. The van der Waals surface area contributed by atoms with Crippen molar-refractivity contribution in [2.75, 3.05) is 6.61 Å². The van der Waals surface area contributed by atoms with Crippen molar-refractivity contribution in [1.82, 2.24) is 10.1 Å². The van der Waals surface area contributed by atoms with E-state index in [1.807, 2.05) is 30.3 Å². The number of terminal acetylenes is 1. The molecule has 0 fully saturated rings. The van der Waals surface area contributed by atoms with E-state index < -0.39 is 6.04 Å². The predicted molar refractivity (Wildman–Crippen MR) is 70.3 cm³/mol. The molecule has 1 aromatic heterocycles. The minimum atomic E-state index is -0.402. The van der Waals surface area contributed by atoms with E-state index in [1.165, 1.54) is 0 Å². The molecule has 1 heterocycles. The fourth-order valence-corrected chi connectivity index (χ4v) is 1.51. The van der Waals surface area contributed by atoms with Gasteiger partial charge in [0, 0.05) is 12.8 Å². The third-order valence-corrected chi connectivity index (χ3v) is 2.48. The first-order valence-electron chi connectivity index (χ1n) is 5.99. The Morgan fingerprint density at radius 2 is 2.16 bits per heavy atom. The van der Waals surface area contributed by atoms with Gasteiger partial charge >= 0.3 is 0 Å². The second kappa shape index (κ2) is 6.57. The highest BCUT2D eigenvalue weighted by molar-refractivity contribution is 5.20. The Morgan fingerprint density at radius 3 is 2.89 bits per heavy atom. The third kappa shape index (κ3) is 3.83. The van der Waals surface area contributed by atoms with E-state index in [-0.39, 0.29) is 0 Å². The first-order chi connectivity index (χ1) is 9.29. The van der Waals surface area contributed by atoms with Crippen LogP contribution in [0.4, 0.5) is 0 Å². The van der Waals surface area contributed by atoms with Crippen molar-refractivity contribution in [2.45, 2.75) is 18.9 Å². The molecule has 0 aliphatic heterocycles. The summed E-state index contributed by atoms with van der Waals surface area (Å²) in [7, 11) is 0. The lowest BCUT2D eigenvalue weighted by atomic mass is 10.2. The van der Waals surface area contributed by atoms with E-state index in [1.54, 1.807) is 0 Å². The van der Waals surface area contributed by atoms with Crippen LogP contribution in [-0.4, -0.2) is 16.7 Å². The van der Waals surface area contributed by atoms with Gasteiger partial charge in [-0.2, -0.15) is 4.98 Å². The van der Waals surface area contributed by atoms with Gasteiger partial charge in [0.2, 0.25) is 5.89 Å². The van der Waals surface area contributed by atoms with Gasteiger partial charge in [0.05, 0.1) is 12.6 Å². The Morgan fingerprint density at radius 1 is 1.37 bits per heavy atom. The van der Waals surface area contributed by atoms with E-state index in [4.69, 9.17) is 21.4 Å². The lowest BCUT2D eigenvalue weighted by Crippen LogP contribution is -2.10. The van der Waals surface area contributed by atoms with Gasteiger partial charge in [-0.25, -0.2) is 0 Å². The zero-order chi connectivity index (χ0) is 13.5. The lowest BCUT2D eigenvalue weighted by Gasteiger charge is -2.03. The Labute approximate surface area is 111 Å². The van der Waals surface area contributed by atoms with Crippen LogP contribution in [0.3, 0.4) is 0 Å². The van der Waals surface area contributed by atoms with Crippen molar-refractivity contribution in [3.63, 3.8) is 0 Å². The largest absolute Gasteiger partial charge is 0.493 e. The molecule has 0 spiro atoms. The zero-order valence-electron chi connectivity index (χ0n) is 10.5. The van der Waals surface area contributed by atoms with E-state index >= 15 is 0 Å². The summed E-state index contributed by atoms with van der Waals surface area (Å²) in [5.41, 5.74) is 5.77. The number of nitrogens with two attached hydrogens (primary N) is 1. The summed E-state index contributed by atoms with van der Waals surface area (Å²) in [4.78, 5) is 4.18. The fraction of sp³-hybridized carbons (Fsp3) is 0.286.